The number of nitrogens with zero attached hydrogens (tertiary/aromatic N) is 3. The first-order valence-corrected chi connectivity index (χ1v) is 7.76. The number of halogens is 1. The van der Waals surface area contributed by atoms with Gasteiger partial charge in [0.15, 0.2) is 0 Å². The third kappa shape index (κ3) is 2.98. The monoisotopic (exact) mass is 390 g/mol. The van der Waals surface area contributed by atoms with Gasteiger partial charge in [0.25, 0.3) is 0 Å². The highest BCUT2D eigenvalue weighted by Crippen LogP contribution is 2.23. The fourth-order valence-corrected chi connectivity index (χ4v) is 2.71. The fourth-order valence-electron chi connectivity index (χ4n) is 2.35. The molecular weight excluding hydrogens is 375 g/mol. The van der Waals surface area contributed by atoms with Crippen LogP contribution in [0.15, 0.2) is 60.8 Å². The quantitative estimate of drug-likeness (QED) is 0.696. The zero-order valence-electron chi connectivity index (χ0n) is 11.6. The number of para-hydroxylation sites is 1. The van der Waals surface area contributed by atoms with Crippen LogP contribution in [-0.4, -0.2) is 22.0 Å². The first kappa shape index (κ1) is 14.2. The van der Waals surface area contributed by atoms with E-state index in [1.165, 1.54) is 9.13 Å². The van der Waals surface area contributed by atoms with Gasteiger partial charge in [-0.15, -0.1) is 5.10 Å². The van der Waals surface area contributed by atoms with E-state index in [1.807, 2.05) is 48.3 Å². The molecule has 106 valence electrons. The Labute approximate surface area is 137 Å². The summed E-state index contributed by atoms with van der Waals surface area (Å²) in [7, 11) is 1.95. The first-order chi connectivity index (χ1) is 10.3. The zero-order valence-corrected chi connectivity index (χ0v) is 13.7. The maximum Gasteiger partial charge on any atom is 0.0860 e. The maximum atomic E-state index is 4.22. The Balaban J connectivity index is 2.03. The van der Waals surface area contributed by atoms with Crippen molar-refractivity contribution in [2.45, 2.75) is 6.04 Å². The van der Waals surface area contributed by atoms with E-state index >= 15 is 0 Å². The lowest BCUT2D eigenvalue weighted by Crippen LogP contribution is -2.21. The SMILES string of the molecule is CNC(c1ccc(I)cc1)c1cnnn1-c1ccccc1. The van der Waals surface area contributed by atoms with Crippen molar-refractivity contribution < 1.29 is 0 Å². The molecule has 1 unspecified atom stereocenters. The Hall–Kier alpha value is -1.73. The van der Waals surface area contributed by atoms with Crippen LogP contribution >= 0.6 is 22.6 Å². The van der Waals surface area contributed by atoms with Crippen LogP contribution in [0.4, 0.5) is 0 Å². The summed E-state index contributed by atoms with van der Waals surface area (Å²) >= 11 is 2.31. The maximum absolute atomic E-state index is 4.22. The molecule has 0 radical (unpaired) electrons. The molecule has 0 saturated carbocycles. The number of aromatic nitrogens is 3. The number of hydrogen-bond donors (Lipinski definition) is 1. The molecule has 0 aliphatic rings. The highest BCUT2D eigenvalue weighted by Gasteiger charge is 2.18. The van der Waals surface area contributed by atoms with E-state index in [1.54, 1.807) is 0 Å². The minimum Gasteiger partial charge on any atom is -0.308 e. The van der Waals surface area contributed by atoms with Crippen molar-refractivity contribution in [2.24, 2.45) is 0 Å². The number of nitrogens with one attached hydrogen (secondary N) is 1. The fraction of sp³-hybridized carbons (Fsp3) is 0.125. The van der Waals surface area contributed by atoms with Crippen LogP contribution in [0.3, 0.4) is 0 Å². The molecule has 0 spiro atoms. The van der Waals surface area contributed by atoms with Gasteiger partial charge in [-0.25, -0.2) is 4.68 Å². The van der Waals surface area contributed by atoms with E-state index in [4.69, 9.17) is 0 Å². The van der Waals surface area contributed by atoms with Gasteiger partial charge in [0.1, 0.15) is 0 Å². The van der Waals surface area contributed by atoms with Gasteiger partial charge in [0.2, 0.25) is 0 Å². The van der Waals surface area contributed by atoms with Crippen LogP contribution < -0.4 is 5.32 Å². The van der Waals surface area contributed by atoms with Gasteiger partial charge in [-0.2, -0.15) is 0 Å². The normalized spacial score (nSPS) is 12.3. The average molecular weight is 390 g/mol. The molecule has 0 aliphatic heterocycles. The molecule has 0 bridgehead atoms. The lowest BCUT2D eigenvalue weighted by atomic mass is 10.0. The van der Waals surface area contributed by atoms with Crippen molar-refractivity contribution in [1.82, 2.24) is 20.3 Å². The number of hydrogen-bond acceptors (Lipinski definition) is 3. The van der Waals surface area contributed by atoms with Gasteiger partial charge < -0.3 is 5.32 Å². The third-order valence-electron chi connectivity index (χ3n) is 3.36. The summed E-state index contributed by atoms with van der Waals surface area (Å²) in [6, 6.07) is 18.6. The van der Waals surface area contributed by atoms with Crippen LogP contribution in [0, 0.1) is 3.57 Å². The van der Waals surface area contributed by atoms with Gasteiger partial charge in [-0.05, 0) is 59.5 Å². The molecule has 21 heavy (non-hydrogen) atoms. The van der Waals surface area contributed by atoms with E-state index in [9.17, 15) is 0 Å². The van der Waals surface area contributed by atoms with Gasteiger partial charge in [-0.1, -0.05) is 35.5 Å². The van der Waals surface area contributed by atoms with E-state index < -0.39 is 0 Å². The van der Waals surface area contributed by atoms with Crippen molar-refractivity contribution in [1.29, 1.82) is 0 Å². The van der Waals surface area contributed by atoms with Gasteiger partial charge in [-0.3, -0.25) is 0 Å². The smallest absolute Gasteiger partial charge is 0.0860 e. The molecule has 1 heterocycles. The van der Waals surface area contributed by atoms with E-state index in [0.717, 1.165) is 11.4 Å². The van der Waals surface area contributed by atoms with Gasteiger partial charge in [0, 0.05) is 3.57 Å². The Morgan fingerprint density at radius 3 is 2.43 bits per heavy atom. The molecule has 1 N–H and O–H groups in total. The van der Waals surface area contributed by atoms with Crippen molar-refractivity contribution in [3.63, 3.8) is 0 Å². The predicted molar refractivity (Wildman–Crippen MR) is 91.4 cm³/mol. The Kier molecular flexibility index (Phi) is 4.31. The lowest BCUT2D eigenvalue weighted by molar-refractivity contribution is 0.633. The molecule has 2 aromatic carbocycles. The van der Waals surface area contributed by atoms with E-state index in [0.29, 0.717) is 0 Å². The lowest BCUT2D eigenvalue weighted by Gasteiger charge is -2.17. The summed E-state index contributed by atoms with van der Waals surface area (Å²) in [5.41, 5.74) is 3.22. The summed E-state index contributed by atoms with van der Waals surface area (Å²) in [5.74, 6) is 0. The van der Waals surface area contributed by atoms with Crippen molar-refractivity contribution in [3.8, 4) is 5.69 Å². The molecule has 1 aromatic heterocycles. The summed E-state index contributed by atoms with van der Waals surface area (Å²) in [4.78, 5) is 0. The van der Waals surface area contributed by atoms with Crippen LogP contribution in [0.25, 0.3) is 5.69 Å². The minimum atomic E-state index is 0.0530. The first-order valence-electron chi connectivity index (χ1n) is 6.68. The zero-order chi connectivity index (χ0) is 14.7. The van der Waals surface area contributed by atoms with Crippen molar-refractivity contribution in [3.05, 3.63) is 75.6 Å². The Morgan fingerprint density at radius 2 is 1.76 bits per heavy atom. The standard InChI is InChI=1S/C16H15IN4/c1-18-16(12-7-9-13(17)10-8-12)15-11-19-20-21(15)14-5-3-2-4-6-14/h2-11,16,18H,1H3. The summed E-state index contributed by atoms with van der Waals surface area (Å²) in [6.45, 7) is 0. The molecule has 0 amide bonds. The predicted octanol–water partition coefficient (Wildman–Crippen LogP) is 3.18. The van der Waals surface area contributed by atoms with Crippen LogP contribution in [0.2, 0.25) is 0 Å². The topological polar surface area (TPSA) is 42.7 Å². The summed E-state index contributed by atoms with van der Waals surface area (Å²) < 4.78 is 3.10. The van der Waals surface area contributed by atoms with Crippen LogP contribution in [0.5, 0.6) is 0 Å². The molecule has 0 saturated heterocycles. The molecule has 1 atom stereocenters. The van der Waals surface area contributed by atoms with Crippen LogP contribution in [-0.2, 0) is 0 Å². The second-order valence-corrected chi connectivity index (χ2v) is 5.93. The van der Waals surface area contributed by atoms with Crippen LogP contribution in [0.1, 0.15) is 17.3 Å². The molecule has 5 heteroatoms. The third-order valence-corrected chi connectivity index (χ3v) is 4.08. The molecule has 4 nitrogen and oxygen atoms in total. The Morgan fingerprint density at radius 1 is 1.05 bits per heavy atom. The Bertz CT molecular complexity index is 707. The summed E-state index contributed by atoms with van der Waals surface area (Å²) in [6.07, 6.45) is 1.81. The highest BCUT2D eigenvalue weighted by molar-refractivity contribution is 14.1. The molecule has 3 rings (SSSR count). The second kappa shape index (κ2) is 6.36. The molecular formula is C16H15IN4. The molecule has 0 fully saturated rings. The van der Waals surface area contributed by atoms with Gasteiger partial charge >= 0.3 is 0 Å². The number of benzene rings is 2. The average Bonchev–Trinajstić information content (AvgIpc) is 3.00. The van der Waals surface area contributed by atoms with Crippen molar-refractivity contribution >= 4 is 22.6 Å². The molecule has 0 aliphatic carbocycles. The second-order valence-electron chi connectivity index (χ2n) is 4.68. The van der Waals surface area contributed by atoms with Crippen molar-refractivity contribution in [2.75, 3.05) is 7.05 Å². The number of rotatable bonds is 4. The van der Waals surface area contributed by atoms with E-state index in [-0.39, 0.29) is 6.04 Å². The summed E-state index contributed by atoms with van der Waals surface area (Å²) in [5, 5.41) is 11.7. The van der Waals surface area contributed by atoms with E-state index in [2.05, 4.69) is 62.5 Å². The highest BCUT2D eigenvalue weighted by atomic mass is 127. The van der Waals surface area contributed by atoms with Gasteiger partial charge in [0.05, 0.1) is 23.6 Å². The minimum absolute atomic E-state index is 0.0530. The molecule has 3 aromatic rings. The largest absolute Gasteiger partial charge is 0.308 e.